The van der Waals surface area contributed by atoms with Crippen molar-refractivity contribution in [3.8, 4) is 0 Å². The molecule has 2 N–H and O–H groups in total. The van der Waals surface area contributed by atoms with E-state index in [1.165, 1.54) is 6.07 Å². The van der Waals surface area contributed by atoms with Crippen LogP contribution in [-0.2, 0) is 10.2 Å². The molecule has 0 saturated carbocycles. The van der Waals surface area contributed by atoms with Crippen molar-refractivity contribution in [1.82, 2.24) is 5.32 Å². The number of thioether (sulfide) groups is 1. The van der Waals surface area contributed by atoms with Crippen LogP contribution >= 0.6 is 11.8 Å². The van der Waals surface area contributed by atoms with E-state index in [1.807, 2.05) is 13.8 Å². The van der Waals surface area contributed by atoms with E-state index in [2.05, 4.69) is 5.32 Å². The molecule has 0 heterocycles. The molecule has 2 rings (SSSR count). The van der Waals surface area contributed by atoms with E-state index in [4.69, 9.17) is 5.11 Å². The second-order valence-corrected chi connectivity index (χ2v) is 8.02. The molecule has 0 aliphatic carbocycles. The van der Waals surface area contributed by atoms with E-state index in [9.17, 15) is 14.0 Å². The van der Waals surface area contributed by atoms with Crippen LogP contribution < -0.4 is 5.32 Å². The largest absolute Gasteiger partial charge is 0.480 e. The summed E-state index contributed by atoms with van der Waals surface area (Å²) in [5, 5.41) is 11.3. The third-order valence-corrected chi connectivity index (χ3v) is 5.24. The van der Waals surface area contributed by atoms with Gasteiger partial charge in [0.05, 0.1) is 5.56 Å². The molecule has 0 fully saturated rings. The van der Waals surface area contributed by atoms with Crippen LogP contribution in [0.2, 0.25) is 0 Å². The molecular formula is C20H22FNO3S. The number of hydrogen-bond donors (Lipinski definition) is 2. The summed E-state index contributed by atoms with van der Waals surface area (Å²) < 4.78 is 14.0. The number of amides is 1. The highest BCUT2D eigenvalue weighted by Crippen LogP contribution is 2.28. The molecular weight excluding hydrogens is 353 g/mol. The Hall–Kier alpha value is -2.34. The fourth-order valence-electron chi connectivity index (χ4n) is 2.50. The minimum Gasteiger partial charge on any atom is -0.480 e. The van der Waals surface area contributed by atoms with Crippen LogP contribution in [0.4, 0.5) is 4.39 Å². The van der Waals surface area contributed by atoms with Crippen molar-refractivity contribution < 1.29 is 19.1 Å². The van der Waals surface area contributed by atoms with E-state index in [-0.39, 0.29) is 18.3 Å². The van der Waals surface area contributed by atoms with Crippen LogP contribution in [0.5, 0.6) is 0 Å². The zero-order valence-corrected chi connectivity index (χ0v) is 15.8. The topological polar surface area (TPSA) is 66.4 Å². The summed E-state index contributed by atoms with van der Waals surface area (Å²) in [6.07, 6.45) is 0. The molecule has 0 spiro atoms. The van der Waals surface area contributed by atoms with Crippen molar-refractivity contribution >= 4 is 23.6 Å². The van der Waals surface area contributed by atoms with Crippen molar-refractivity contribution in [2.24, 2.45) is 0 Å². The van der Waals surface area contributed by atoms with Gasteiger partial charge in [0.15, 0.2) is 0 Å². The number of hydrogen-bond acceptors (Lipinski definition) is 3. The minimum absolute atomic E-state index is 0.250. The van der Waals surface area contributed by atoms with E-state index in [0.29, 0.717) is 16.0 Å². The van der Waals surface area contributed by atoms with Crippen molar-refractivity contribution in [3.63, 3.8) is 0 Å². The minimum atomic E-state index is -0.939. The molecule has 4 nitrogen and oxygen atoms in total. The van der Waals surface area contributed by atoms with Gasteiger partial charge in [0.2, 0.25) is 0 Å². The predicted molar refractivity (Wildman–Crippen MR) is 101 cm³/mol. The highest BCUT2D eigenvalue weighted by atomic mass is 32.2. The van der Waals surface area contributed by atoms with Gasteiger partial charge in [-0.1, -0.05) is 44.2 Å². The highest BCUT2D eigenvalue weighted by Gasteiger charge is 2.25. The lowest BCUT2D eigenvalue weighted by Gasteiger charge is -2.26. The molecule has 0 aromatic heterocycles. The normalized spacial score (nSPS) is 12.5. The second kappa shape index (κ2) is 8.36. The average molecular weight is 375 g/mol. The fourth-order valence-corrected chi connectivity index (χ4v) is 3.43. The van der Waals surface area contributed by atoms with Gasteiger partial charge in [-0.3, -0.25) is 9.59 Å². The van der Waals surface area contributed by atoms with Crippen molar-refractivity contribution in [2.75, 3.05) is 6.54 Å². The van der Waals surface area contributed by atoms with Crippen LogP contribution in [0, 0.1) is 5.82 Å². The van der Waals surface area contributed by atoms with Crippen molar-refractivity contribution in [2.45, 2.75) is 36.3 Å². The molecule has 1 unspecified atom stereocenters. The molecule has 138 valence electrons. The summed E-state index contributed by atoms with van der Waals surface area (Å²) in [6, 6.07) is 13.4. The Labute approximate surface area is 156 Å². The Balaban J connectivity index is 2.13. The quantitative estimate of drug-likeness (QED) is 0.715. The highest BCUT2D eigenvalue weighted by molar-refractivity contribution is 8.00. The summed E-state index contributed by atoms with van der Waals surface area (Å²) in [6.45, 7) is 5.54. The van der Waals surface area contributed by atoms with Crippen LogP contribution in [-0.4, -0.2) is 28.8 Å². The third-order valence-electron chi connectivity index (χ3n) is 4.08. The molecule has 6 heteroatoms. The molecule has 2 aromatic carbocycles. The molecule has 1 amide bonds. The lowest BCUT2D eigenvalue weighted by atomic mass is 9.84. The molecule has 2 aromatic rings. The summed E-state index contributed by atoms with van der Waals surface area (Å²) >= 11 is 1.12. The summed E-state index contributed by atoms with van der Waals surface area (Å²) in [4.78, 5) is 24.3. The number of carbonyl (C=O) groups is 2. The Morgan fingerprint density at radius 1 is 1.15 bits per heavy atom. The van der Waals surface area contributed by atoms with E-state index < -0.39 is 16.6 Å². The maximum atomic E-state index is 14.0. The number of nitrogens with one attached hydrogen (secondary N) is 1. The first-order chi connectivity index (χ1) is 12.2. The number of aliphatic carboxylic acids is 1. The molecule has 1 atom stereocenters. The van der Waals surface area contributed by atoms with Crippen LogP contribution in [0.1, 0.15) is 36.7 Å². The average Bonchev–Trinajstić information content (AvgIpc) is 2.60. The first-order valence-corrected chi connectivity index (χ1v) is 9.12. The standard InChI is InChI=1S/C20H22FNO3S/c1-13(19(24)25)26-17-11-7-4-8-14(17)18(23)22-12-20(2,3)15-9-5-6-10-16(15)21/h4-11,13H,12H2,1-3H3,(H,22,23)(H,24,25). The molecule has 0 radical (unpaired) electrons. The van der Waals surface area contributed by atoms with Gasteiger partial charge < -0.3 is 10.4 Å². The van der Waals surface area contributed by atoms with Crippen LogP contribution in [0.25, 0.3) is 0 Å². The maximum Gasteiger partial charge on any atom is 0.316 e. The first-order valence-electron chi connectivity index (χ1n) is 8.24. The fraction of sp³-hybridized carbons (Fsp3) is 0.300. The first kappa shape index (κ1) is 20.0. The predicted octanol–water partition coefficient (Wildman–Crippen LogP) is 4.10. The van der Waals surface area contributed by atoms with Crippen LogP contribution in [0.15, 0.2) is 53.4 Å². The van der Waals surface area contributed by atoms with Gasteiger partial charge in [-0.2, -0.15) is 0 Å². The molecule has 0 saturated heterocycles. The van der Waals surface area contributed by atoms with E-state index in [1.54, 1.807) is 49.4 Å². The van der Waals surface area contributed by atoms with Gasteiger partial charge in [0.25, 0.3) is 5.91 Å². The summed E-state index contributed by atoms with van der Waals surface area (Å²) in [7, 11) is 0. The van der Waals surface area contributed by atoms with Crippen molar-refractivity contribution in [3.05, 3.63) is 65.5 Å². The number of carboxylic acid groups (broad SMARTS) is 1. The van der Waals surface area contributed by atoms with Gasteiger partial charge in [0, 0.05) is 16.9 Å². The third kappa shape index (κ3) is 4.85. The second-order valence-electron chi connectivity index (χ2n) is 6.64. The Morgan fingerprint density at radius 2 is 1.77 bits per heavy atom. The number of rotatable bonds is 7. The van der Waals surface area contributed by atoms with Gasteiger partial charge in [0.1, 0.15) is 11.1 Å². The summed E-state index contributed by atoms with van der Waals surface area (Å²) in [5.74, 6) is -1.56. The van der Waals surface area contributed by atoms with Gasteiger partial charge in [-0.05, 0) is 30.7 Å². The molecule has 0 bridgehead atoms. The van der Waals surface area contributed by atoms with Gasteiger partial charge >= 0.3 is 5.97 Å². The zero-order valence-electron chi connectivity index (χ0n) is 15.0. The SMILES string of the molecule is CC(Sc1ccccc1C(=O)NCC(C)(C)c1ccccc1F)C(=O)O. The van der Waals surface area contributed by atoms with Gasteiger partial charge in [-0.25, -0.2) is 4.39 Å². The number of benzene rings is 2. The molecule has 0 aliphatic rings. The Bertz CT molecular complexity index is 807. The Morgan fingerprint density at radius 3 is 2.42 bits per heavy atom. The number of halogens is 1. The smallest absolute Gasteiger partial charge is 0.316 e. The van der Waals surface area contributed by atoms with E-state index >= 15 is 0 Å². The lowest BCUT2D eigenvalue weighted by molar-refractivity contribution is -0.136. The maximum absolute atomic E-state index is 14.0. The van der Waals surface area contributed by atoms with E-state index in [0.717, 1.165) is 11.8 Å². The van der Waals surface area contributed by atoms with Gasteiger partial charge in [-0.15, -0.1) is 11.8 Å². The number of carbonyl (C=O) groups excluding carboxylic acids is 1. The monoisotopic (exact) mass is 375 g/mol. The number of carboxylic acids is 1. The molecule has 26 heavy (non-hydrogen) atoms. The summed E-state index contributed by atoms with van der Waals surface area (Å²) in [5.41, 5.74) is 0.356. The van der Waals surface area contributed by atoms with Crippen LogP contribution in [0.3, 0.4) is 0 Å². The zero-order chi connectivity index (χ0) is 19.3. The Kier molecular flexibility index (Phi) is 6.42. The van der Waals surface area contributed by atoms with Crippen molar-refractivity contribution in [1.29, 1.82) is 0 Å². The molecule has 0 aliphatic heterocycles. The lowest BCUT2D eigenvalue weighted by Crippen LogP contribution is -2.37.